The third kappa shape index (κ3) is 3.58. The Labute approximate surface area is 112 Å². The Hall–Kier alpha value is -0.340. The first-order chi connectivity index (χ1) is 8.76. The van der Waals surface area contributed by atoms with Crippen molar-refractivity contribution in [1.82, 2.24) is 5.32 Å². The highest BCUT2D eigenvalue weighted by molar-refractivity contribution is 5.07. The van der Waals surface area contributed by atoms with Gasteiger partial charge in [0.15, 0.2) is 0 Å². The zero-order valence-corrected chi connectivity index (χ0v) is 12.1. The van der Waals surface area contributed by atoms with Crippen molar-refractivity contribution in [1.29, 1.82) is 0 Å². The SMILES string of the molecule is CNCCC=C(C)C1CCOC2(CCCCC2)C1. The van der Waals surface area contributed by atoms with Crippen LogP contribution in [-0.4, -0.2) is 25.8 Å². The molecule has 1 heterocycles. The molecule has 1 saturated carbocycles. The van der Waals surface area contributed by atoms with E-state index < -0.39 is 0 Å². The smallest absolute Gasteiger partial charge is 0.0688 e. The van der Waals surface area contributed by atoms with Gasteiger partial charge < -0.3 is 10.1 Å². The lowest BCUT2D eigenvalue weighted by atomic mass is 9.74. The van der Waals surface area contributed by atoms with E-state index in [-0.39, 0.29) is 5.60 Å². The number of ether oxygens (including phenoxy) is 1. The van der Waals surface area contributed by atoms with Crippen LogP contribution in [0.4, 0.5) is 0 Å². The normalized spacial score (nSPS) is 28.6. The lowest BCUT2D eigenvalue weighted by Gasteiger charge is -2.44. The minimum Gasteiger partial charge on any atom is -0.375 e. The van der Waals surface area contributed by atoms with Gasteiger partial charge in [0, 0.05) is 6.61 Å². The molecule has 2 aliphatic rings. The highest BCUT2D eigenvalue weighted by atomic mass is 16.5. The lowest BCUT2D eigenvalue weighted by molar-refractivity contribution is -0.112. The van der Waals surface area contributed by atoms with Gasteiger partial charge in [0.05, 0.1) is 5.60 Å². The van der Waals surface area contributed by atoms with Crippen LogP contribution in [0.3, 0.4) is 0 Å². The molecule has 1 aliphatic carbocycles. The second kappa shape index (κ2) is 6.72. The first-order valence-electron chi connectivity index (χ1n) is 7.71. The van der Waals surface area contributed by atoms with E-state index in [2.05, 4.69) is 18.3 Å². The second-order valence-corrected chi connectivity index (χ2v) is 6.12. The third-order valence-corrected chi connectivity index (χ3v) is 4.76. The summed E-state index contributed by atoms with van der Waals surface area (Å²) in [6.45, 7) is 4.38. The fourth-order valence-electron chi connectivity index (χ4n) is 3.57. The van der Waals surface area contributed by atoms with E-state index in [9.17, 15) is 0 Å². The van der Waals surface area contributed by atoms with Gasteiger partial charge in [-0.05, 0) is 58.5 Å². The summed E-state index contributed by atoms with van der Waals surface area (Å²) in [4.78, 5) is 0. The molecule has 1 saturated heterocycles. The molecule has 0 amide bonds. The molecule has 1 N–H and O–H groups in total. The summed E-state index contributed by atoms with van der Waals surface area (Å²) in [6.07, 6.45) is 12.8. The van der Waals surface area contributed by atoms with Crippen LogP contribution < -0.4 is 5.32 Å². The Morgan fingerprint density at radius 3 is 2.83 bits per heavy atom. The maximum atomic E-state index is 6.17. The predicted molar refractivity (Wildman–Crippen MR) is 76.8 cm³/mol. The Morgan fingerprint density at radius 1 is 1.33 bits per heavy atom. The number of rotatable bonds is 4. The predicted octanol–water partition coefficient (Wildman–Crippen LogP) is 3.67. The molecule has 0 radical (unpaired) electrons. The Bertz CT molecular complexity index is 273. The molecule has 2 fully saturated rings. The van der Waals surface area contributed by atoms with Crippen LogP contribution in [0.2, 0.25) is 0 Å². The molecular weight excluding hydrogens is 222 g/mol. The van der Waals surface area contributed by atoms with Gasteiger partial charge >= 0.3 is 0 Å². The van der Waals surface area contributed by atoms with Crippen molar-refractivity contribution in [2.75, 3.05) is 20.2 Å². The fraction of sp³-hybridized carbons (Fsp3) is 0.875. The van der Waals surface area contributed by atoms with Crippen molar-refractivity contribution in [3.05, 3.63) is 11.6 Å². The summed E-state index contributed by atoms with van der Waals surface area (Å²) in [6, 6.07) is 0. The van der Waals surface area contributed by atoms with Gasteiger partial charge in [-0.1, -0.05) is 30.9 Å². The quantitative estimate of drug-likeness (QED) is 0.608. The van der Waals surface area contributed by atoms with Crippen LogP contribution in [0.25, 0.3) is 0 Å². The highest BCUT2D eigenvalue weighted by Gasteiger charge is 2.38. The fourth-order valence-corrected chi connectivity index (χ4v) is 3.57. The van der Waals surface area contributed by atoms with E-state index >= 15 is 0 Å². The molecular formula is C16H29NO. The minimum atomic E-state index is 0.249. The van der Waals surface area contributed by atoms with E-state index in [0.717, 1.165) is 25.5 Å². The van der Waals surface area contributed by atoms with Crippen LogP contribution >= 0.6 is 0 Å². The summed E-state index contributed by atoms with van der Waals surface area (Å²) in [5.41, 5.74) is 1.85. The molecule has 1 aliphatic heterocycles. The monoisotopic (exact) mass is 251 g/mol. The zero-order valence-electron chi connectivity index (χ0n) is 12.1. The first-order valence-corrected chi connectivity index (χ1v) is 7.71. The Balaban J connectivity index is 1.91. The topological polar surface area (TPSA) is 21.3 Å². The van der Waals surface area contributed by atoms with Crippen molar-refractivity contribution < 1.29 is 4.74 Å². The van der Waals surface area contributed by atoms with Crippen LogP contribution in [0, 0.1) is 5.92 Å². The number of hydrogen-bond donors (Lipinski definition) is 1. The summed E-state index contributed by atoms with van der Waals surface area (Å²) in [5, 5.41) is 3.21. The molecule has 1 unspecified atom stereocenters. The van der Waals surface area contributed by atoms with Crippen LogP contribution in [0.1, 0.15) is 58.3 Å². The maximum Gasteiger partial charge on any atom is 0.0688 e. The van der Waals surface area contributed by atoms with E-state index in [1.807, 2.05) is 7.05 Å². The van der Waals surface area contributed by atoms with Gasteiger partial charge in [0.25, 0.3) is 0 Å². The van der Waals surface area contributed by atoms with Crippen molar-refractivity contribution in [2.45, 2.75) is 63.9 Å². The lowest BCUT2D eigenvalue weighted by Crippen LogP contribution is -2.41. The first kappa shape index (κ1) is 14.1. The second-order valence-electron chi connectivity index (χ2n) is 6.12. The van der Waals surface area contributed by atoms with Gasteiger partial charge in [-0.15, -0.1) is 0 Å². The van der Waals surface area contributed by atoms with E-state index in [1.54, 1.807) is 5.57 Å². The molecule has 2 heteroatoms. The zero-order chi connectivity index (χ0) is 12.8. The molecule has 0 aromatic rings. The summed E-state index contributed by atoms with van der Waals surface area (Å²) in [5.74, 6) is 0.772. The van der Waals surface area contributed by atoms with Gasteiger partial charge in [0.1, 0.15) is 0 Å². The van der Waals surface area contributed by atoms with Crippen molar-refractivity contribution >= 4 is 0 Å². The van der Waals surface area contributed by atoms with Crippen molar-refractivity contribution in [2.24, 2.45) is 5.92 Å². The molecule has 1 atom stereocenters. The van der Waals surface area contributed by atoms with Crippen LogP contribution in [0.5, 0.6) is 0 Å². The molecule has 1 spiro atoms. The van der Waals surface area contributed by atoms with Crippen LogP contribution in [-0.2, 0) is 4.74 Å². The average molecular weight is 251 g/mol. The van der Waals surface area contributed by atoms with Crippen molar-refractivity contribution in [3.8, 4) is 0 Å². The van der Waals surface area contributed by atoms with Gasteiger partial charge in [-0.25, -0.2) is 0 Å². The maximum absolute atomic E-state index is 6.17. The molecule has 2 rings (SSSR count). The molecule has 18 heavy (non-hydrogen) atoms. The summed E-state index contributed by atoms with van der Waals surface area (Å²) in [7, 11) is 2.02. The largest absolute Gasteiger partial charge is 0.375 e. The van der Waals surface area contributed by atoms with Gasteiger partial charge in [-0.2, -0.15) is 0 Å². The minimum absolute atomic E-state index is 0.249. The van der Waals surface area contributed by atoms with Crippen molar-refractivity contribution in [3.63, 3.8) is 0 Å². The van der Waals surface area contributed by atoms with E-state index in [0.29, 0.717) is 0 Å². The average Bonchev–Trinajstić information content (AvgIpc) is 2.40. The van der Waals surface area contributed by atoms with Gasteiger partial charge in [0.2, 0.25) is 0 Å². The van der Waals surface area contributed by atoms with E-state index in [4.69, 9.17) is 4.74 Å². The molecule has 0 bridgehead atoms. The molecule has 2 nitrogen and oxygen atoms in total. The van der Waals surface area contributed by atoms with Crippen LogP contribution in [0.15, 0.2) is 11.6 Å². The Kier molecular flexibility index (Phi) is 5.25. The van der Waals surface area contributed by atoms with E-state index in [1.165, 1.54) is 44.9 Å². The standard InChI is InChI=1S/C16H29NO/c1-14(7-6-11-17-2)15-8-12-18-16(13-15)9-4-3-5-10-16/h7,15,17H,3-6,8-13H2,1-2H3. The summed E-state index contributed by atoms with van der Waals surface area (Å²) < 4.78 is 6.17. The van der Waals surface area contributed by atoms with Gasteiger partial charge in [-0.3, -0.25) is 0 Å². The number of nitrogens with one attached hydrogen (secondary N) is 1. The third-order valence-electron chi connectivity index (χ3n) is 4.76. The highest BCUT2D eigenvalue weighted by Crippen LogP contribution is 2.42. The molecule has 104 valence electrons. The molecule has 0 aromatic carbocycles. The Morgan fingerprint density at radius 2 is 2.11 bits per heavy atom. The number of allylic oxidation sites excluding steroid dienone is 1. The number of hydrogen-bond acceptors (Lipinski definition) is 2. The summed E-state index contributed by atoms with van der Waals surface area (Å²) >= 11 is 0. The molecule has 0 aromatic heterocycles.